The van der Waals surface area contributed by atoms with E-state index in [1.54, 1.807) is 0 Å². The van der Waals surface area contributed by atoms with E-state index in [9.17, 15) is 0 Å². The molecule has 0 saturated heterocycles. The first-order chi connectivity index (χ1) is 7.24. The van der Waals surface area contributed by atoms with E-state index in [0.29, 0.717) is 5.41 Å². The van der Waals surface area contributed by atoms with Gasteiger partial charge in [0.25, 0.3) is 0 Å². The molecule has 1 fully saturated rings. The van der Waals surface area contributed by atoms with E-state index in [4.69, 9.17) is 5.73 Å². The number of hydrogen-bond donors (Lipinski definition) is 1. The minimum atomic E-state index is 0.334. The van der Waals surface area contributed by atoms with Gasteiger partial charge in [0.15, 0.2) is 0 Å². The van der Waals surface area contributed by atoms with Crippen molar-refractivity contribution >= 4 is 15.9 Å². The lowest BCUT2D eigenvalue weighted by molar-refractivity contribution is 0.303. The Balaban J connectivity index is 2.09. The van der Waals surface area contributed by atoms with Crippen LogP contribution < -0.4 is 5.73 Å². The van der Waals surface area contributed by atoms with Crippen molar-refractivity contribution in [2.75, 3.05) is 6.54 Å². The second-order valence-electron chi connectivity index (χ2n) is 4.56. The van der Waals surface area contributed by atoms with E-state index < -0.39 is 0 Å². The van der Waals surface area contributed by atoms with Crippen LogP contribution in [0.3, 0.4) is 0 Å². The highest BCUT2D eigenvalue weighted by Gasteiger charge is 2.32. The Morgan fingerprint density at radius 3 is 2.60 bits per heavy atom. The Kier molecular flexibility index (Phi) is 3.42. The lowest BCUT2D eigenvalue weighted by Crippen LogP contribution is -2.30. The van der Waals surface area contributed by atoms with Gasteiger partial charge in [-0.3, -0.25) is 4.98 Å². The number of pyridine rings is 1. The van der Waals surface area contributed by atoms with Crippen molar-refractivity contribution in [2.24, 2.45) is 11.1 Å². The van der Waals surface area contributed by atoms with Crippen molar-refractivity contribution in [1.82, 2.24) is 4.98 Å². The minimum absolute atomic E-state index is 0.334. The molecular weight excluding hydrogens is 252 g/mol. The van der Waals surface area contributed by atoms with Crippen LogP contribution in [0.1, 0.15) is 31.4 Å². The molecule has 2 nitrogen and oxygen atoms in total. The first-order valence-corrected chi connectivity index (χ1v) is 6.34. The molecule has 0 radical (unpaired) electrons. The summed E-state index contributed by atoms with van der Waals surface area (Å²) in [5.41, 5.74) is 7.42. The summed E-state index contributed by atoms with van der Waals surface area (Å²) in [5, 5.41) is 0. The van der Waals surface area contributed by atoms with Gasteiger partial charge < -0.3 is 5.73 Å². The third-order valence-electron chi connectivity index (χ3n) is 3.44. The summed E-state index contributed by atoms with van der Waals surface area (Å²) in [6.07, 6.45) is 8.09. The number of nitrogens with two attached hydrogens (primary N) is 1. The largest absolute Gasteiger partial charge is 0.330 e. The topological polar surface area (TPSA) is 38.9 Å². The van der Waals surface area contributed by atoms with Crippen LogP contribution in [0.4, 0.5) is 0 Å². The lowest BCUT2D eigenvalue weighted by Gasteiger charge is -2.26. The van der Waals surface area contributed by atoms with Gasteiger partial charge in [0.05, 0.1) is 0 Å². The molecule has 2 rings (SSSR count). The fourth-order valence-corrected chi connectivity index (χ4v) is 2.71. The third-order valence-corrected chi connectivity index (χ3v) is 3.91. The summed E-state index contributed by atoms with van der Waals surface area (Å²) in [5.74, 6) is 0. The smallest absolute Gasteiger partial charge is 0.0413 e. The molecule has 1 aromatic heterocycles. The van der Waals surface area contributed by atoms with Crippen LogP contribution in [0.25, 0.3) is 0 Å². The molecule has 1 heterocycles. The molecule has 0 unspecified atom stereocenters. The molecule has 1 saturated carbocycles. The zero-order chi connectivity index (χ0) is 10.7. The maximum Gasteiger partial charge on any atom is 0.0413 e. The summed E-state index contributed by atoms with van der Waals surface area (Å²) < 4.78 is 1.04. The van der Waals surface area contributed by atoms with E-state index in [1.165, 1.54) is 31.4 Å². The molecule has 0 atom stereocenters. The molecule has 0 bridgehead atoms. The Labute approximate surface area is 99.4 Å². The maximum absolute atomic E-state index is 5.91. The van der Waals surface area contributed by atoms with Crippen LogP contribution in [0.5, 0.6) is 0 Å². The summed E-state index contributed by atoms with van der Waals surface area (Å²) in [7, 11) is 0. The number of hydrogen-bond acceptors (Lipinski definition) is 2. The average molecular weight is 269 g/mol. The van der Waals surface area contributed by atoms with Crippen LogP contribution in [0.15, 0.2) is 22.8 Å². The molecule has 2 N–H and O–H groups in total. The van der Waals surface area contributed by atoms with Crippen molar-refractivity contribution in [2.45, 2.75) is 32.1 Å². The zero-order valence-electron chi connectivity index (χ0n) is 8.88. The van der Waals surface area contributed by atoms with E-state index in [2.05, 4.69) is 33.0 Å². The van der Waals surface area contributed by atoms with Gasteiger partial charge in [-0.2, -0.15) is 0 Å². The molecular formula is C12H17BrN2. The molecule has 1 aliphatic rings. The van der Waals surface area contributed by atoms with Gasteiger partial charge in [0.2, 0.25) is 0 Å². The Bertz CT molecular complexity index is 315. The van der Waals surface area contributed by atoms with Crippen molar-refractivity contribution in [1.29, 1.82) is 0 Å². The van der Waals surface area contributed by atoms with Gasteiger partial charge in [-0.05, 0) is 59.3 Å². The fraction of sp³-hybridized carbons (Fsp3) is 0.583. The first-order valence-electron chi connectivity index (χ1n) is 5.55. The van der Waals surface area contributed by atoms with E-state index in [-0.39, 0.29) is 0 Å². The third kappa shape index (κ3) is 2.58. The van der Waals surface area contributed by atoms with Gasteiger partial charge in [0.1, 0.15) is 0 Å². The average Bonchev–Trinajstić information content (AvgIpc) is 2.71. The molecule has 0 aliphatic heterocycles. The van der Waals surface area contributed by atoms with Crippen LogP contribution in [-0.4, -0.2) is 11.5 Å². The Morgan fingerprint density at radius 2 is 2.07 bits per heavy atom. The predicted molar refractivity (Wildman–Crippen MR) is 65.6 cm³/mol. The number of rotatable bonds is 3. The zero-order valence-corrected chi connectivity index (χ0v) is 10.5. The summed E-state index contributed by atoms with van der Waals surface area (Å²) in [6, 6.07) is 4.15. The highest BCUT2D eigenvalue weighted by molar-refractivity contribution is 9.10. The second kappa shape index (κ2) is 4.62. The first kappa shape index (κ1) is 11.1. The molecule has 0 aromatic carbocycles. The number of halogens is 1. The van der Waals surface area contributed by atoms with Crippen LogP contribution >= 0.6 is 15.9 Å². The van der Waals surface area contributed by atoms with Crippen molar-refractivity contribution in [3.63, 3.8) is 0 Å². The normalized spacial score (nSPS) is 19.3. The van der Waals surface area contributed by atoms with Gasteiger partial charge in [-0.25, -0.2) is 0 Å². The monoisotopic (exact) mass is 268 g/mol. The summed E-state index contributed by atoms with van der Waals surface area (Å²) >= 11 is 3.40. The van der Waals surface area contributed by atoms with Crippen LogP contribution in [-0.2, 0) is 6.42 Å². The summed E-state index contributed by atoms with van der Waals surface area (Å²) in [4.78, 5) is 4.43. The highest BCUT2D eigenvalue weighted by Crippen LogP contribution is 2.39. The second-order valence-corrected chi connectivity index (χ2v) is 5.47. The van der Waals surface area contributed by atoms with Gasteiger partial charge in [-0.15, -0.1) is 0 Å². The molecule has 0 amide bonds. The molecule has 1 aliphatic carbocycles. The van der Waals surface area contributed by atoms with Gasteiger partial charge in [-0.1, -0.05) is 12.8 Å². The van der Waals surface area contributed by atoms with E-state index in [0.717, 1.165) is 17.4 Å². The quantitative estimate of drug-likeness (QED) is 0.916. The maximum atomic E-state index is 5.91. The van der Waals surface area contributed by atoms with Crippen LogP contribution in [0, 0.1) is 5.41 Å². The number of aromatic nitrogens is 1. The SMILES string of the molecule is NCC1(Cc2ccc(Br)cn2)CCCC1. The molecule has 15 heavy (non-hydrogen) atoms. The summed E-state index contributed by atoms with van der Waals surface area (Å²) in [6.45, 7) is 0.796. The van der Waals surface area contributed by atoms with Crippen molar-refractivity contribution < 1.29 is 0 Å². The molecule has 0 spiro atoms. The molecule has 3 heteroatoms. The lowest BCUT2D eigenvalue weighted by atomic mass is 9.81. The molecule has 1 aromatic rings. The fourth-order valence-electron chi connectivity index (χ4n) is 2.47. The standard InChI is InChI=1S/C12H17BrN2/c13-10-3-4-11(15-8-10)7-12(9-14)5-1-2-6-12/h3-4,8H,1-2,5-7,9,14H2. The minimum Gasteiger partial charge on any atom is -0.330 e. The van der Waals surface area contributed by atoms with Gasteiger partial charge in [0, 0.05) is 16.4 Å². The Morgan fingerprint density at radius 1 is 1.33 bits per heavy atom. The highest BCUT2D eigenvalue weighted by atomic mass is 79.9. The van der Waals surface area contributed by atoms with Crippen molar-refractivity contribution in [3.8, 4) is 0 Å². The van der Waals surface area contributed by atoms with Gasteiger partial charge >= 0.3 is 0 Å². The number of nitrogens with zero attached hydrogens (tertiary/aromatic N) is 1. The van der Waals surface area contributed by atoms with E-state index in [1.807, 2.05) is 6.20 Å². The van der Waals surface area contributed by atoms with Crippen molar-refractivity contribution in [3.05, 3.63) is 28.5 Å². The predicted octanol–water partition coefficient (Wildman–Crippen LogP) is 2.91. The Hall–Kier alpha value is -0.410. The van der Waals surface area contributed by atoms with Crippen LogP contribution in [0.2, 0.25) is 0 Å². The van der Waals surface area contributed by atoms with E-state index >= 15 is 0 Å². The molecule has 82 valence electrons.